The van der Waals surface area contributed by atoms with Crippen LogP contribution in [0.25, 0.3) is 0 Å². The highest BCUT2D eigenvalue weighted by molar-refractivity contribution is 5.10. The third-order valence-corrected chi connectivity index (χ3v) is 5.33. The molecular weight excluding hydrogens is 400 g/mol. The molecule has 1 aromatic heterocycles. The molecule has 1 heterocycles. The Morgan fingerprint density at radius 1 is 1.22 bits per heavy atom. The van der Waals surface area contributed by atoms with Crippen molar-refractivity contribution >= 4 is 0 Å². The van der Waals surface area contributed by atoms with Gasteiger partial charge in [0, 0.05) is 49.1 Å². The molecule has 8 nitrogen and oxygen atoms in total. The van der Waals surface area contributed by atoms with Gasteiger partial charge in [0.1, 0.15) is 5.82 Å². The summed E-state index contributed by atoms with van der Waals surface area (Å²) in [5.41, 5.74) is 2.07. The van der Waals surface area contributed by atoms with E-state index in [9.17, 15) is 10.5 Å². The Balaban J connectivity index is 2.67. The number of nitrogens with two attached hydrogens (primary N) is 1. The van der Waals surface area contributed by atoms with Crippen molar-refractivity contribution < 1.29 is 0 Å². The summed E-state index contributed by atoms with van der Waals surface area (Å²) in [6.07, 6.45) is 5.67. The maximum absolute atomic E-state index is 9.66. The van der Waals surface area contributed by atoms with Crippen LogP contribution in [0.3, 0.4) is 0 Å². The second-order valence-corrected chi connectivity index (χ2v) is 9.94. The number of nitriles is 2. The van der Waals surface area contributed by atoms with Crippen molar-refractivity contribution in [1.82, 2.24) is 25.6 Å². The number of hydrazine groups is 1. The number of H-pyrrole nitrogens is 1. The minimum absolute atomic E-state index is 0.0182. The van der Waals surface area contributed by atoms with Crippen LogP contribution in [-0.4, -0.2) is 40.2 Å². The van der Waals surface area contributed by atoms with Crippen LogP contribution < -0.4 is 16.5 Å². The molecule has 1 aromatic rings. The summed E-state index contributed by atoms with van der Waals surface area (Å²) in [4.78, 5) is 7.77. The molecule has 0 spiro atoms. The fourth-order valence-electron chi connectivity index (χ4n) is 3.34. The number of imidazole rings is 1. The van der Waals surface area contributed by atoms with E-state index >= 15 is 0 Å². The van der Waals surface area contributed by atoms with Crippen LogP contribution in [0.5, 0.6) is 0 Å². The van der Waals surface area contributed by atoms with Gasteiger partial charge in [0.05, 0.1) is 24.2 Å². The van der Waals surface area contributed by atoms with Gasteiger partial charge < -0.3 is 9.99 Å². The zero-order valence-electron chi connectivity index (χ0n) is 20.9. The summed E-state index contributed by atoms with van der Waals surface area (Å²) in [7, 11) is 0. The second-order valence-electron chi connectivity index (χ2n) is 9.94. The zero-order valence-corrected chi connectivity index (χ0v) is 20.9. The van der Waals surface area contributed by atoms with E-state index in [1.54, 1.807) is 5.01 Å². The quantitative estimate of drug-likeness (QED) is 0.272. The molecule has 5 N–H and O–H groups in total. The Kier molecular flexibility index (Phi) is 11.4. The monoisotopic (exact) mass is 442 g/mol. The van der Waals surface area contributed by atoms with Gasteiger partial charge in [-0.25, -0.2) is 10.8 Å². The van der Waals surface area contributed by atoms with Gasteiger partial charge in [-0.05, 0) is 17.9 Å². The van der Waals surface area contributed by atoms with E-state index in [2.05, 4.69) is 60.4 Å². The average Bonchev–Trinajstić information content (AvgIpc) is 3.18. The van der Waals surface area contributed by atoms with Crippen molar-refractivity contribution in [2.75, 3.05) is 13.1 Å². The predicted octanol–water partition coefficient (Wildman–Crippen LogP) is 3.32. The minimum atomic E-state index is -0.340. The number of aromatic nitrogens is 2. The average molecular weight is 443 g/mol. The van der Waals surface area contributed by atoms with Gasteiger partial charge in [-0.15, -0.1) is 0 Å². The maximum Gasteiger partial charge on any atom is 0.111 e. The molecule has 0 bridgehead atoms. The van der Waals surface area contributed by atoms with E-state index in [1.807, 2.05) is 33.2 Å². The first-order valence-electron chi connectivity index (χ1n) is 11.5. The number of nitrogens with one attached hydrogen (secondary N) is 3. The molecule has 3 unspecified atom stereocenters. The lowest BCUT2D eigenvalue weighted by molar-refractivity contribution is 0.294. The largest absolute Gasteiger partial charge is 0.344 e. The van der Waals surface area contributed by atoms with Crippen LogP contribution in [0.4, 0.5) is 0 Å². The van der Waals surface area contributed by atoms with E-state index in [0.29, 0.717) is 19.6 Å². The van der Waals surface area contributed by atoms with Gasteiger partial charge in [0.25, 0.3) is 0 Å². The van der Waals surface area contributed by atoms with Crippen molar-refractivity contribution in [3.05, 3.63) is 29.5 Å². The van der Waals surface area contributed by atoms with Gasteiger partial charge in [0.15, 0.2) is 0 Å². The summed E-state index contributed by atoms with van der Waals surface area (Å²) >= 11 is 0. The molecular formula is C24H42N8. The Morgan fingerprint density at radius 2 is 1.88 bits per heavy atom. The molecule has 8 heteroatoms. The van der Waals surface area contributed by atoms with Crippen molar-refractivity contribution in [2.45, 2.75) is 85.4 Å². The predicted molar refractivity (Wildman–Crippen MR) is 129 cm³/mol. The summed E-state index contributed by atoms with van der Waals surface area (Å²) in [5.74, 6) is 7.46. The lowest BCUT2D eigenvalue weighted by atomic mass is 9.96. The van der Waals surface area contributed by atoms with Crippen molar-refractivity contribution in [3.8, 4) is 12.1 Å². The lowest BCUT2D eigenvalue weighted by Crippen LogP contribution is -2.41. The molecule has 3 atom stereocenters. The normalized spacial score (nSPS) is 15.2. The molecule has 0 aliphatic carbocycles. The molecule has 0 radical (unpaired) electrons. The molecule has 0 saturated carbocycles. The molecule has 32 heavy (non-hydrogen) atoms. The van der Waals surface area contributed by atoms with Crippen LogP contribution in [0.15, 0.2) is 18.0 Å². The fourth-order valence-corrected chi connectivity index (χ4v) is 3.34. The Bertz CT molecular complexity index is 790. The van der Waals surface area contributed by atoms with E-state index in [1.165, 1.54) is 0 Å². The SMILES string of the molecule is CCC/C(=C\N(N)CC(C)C(C#N)NCc1cnc(C(C)(C)C)[nH]1)CNC(C#N)C(C)C. The van der Waals surface area contributed by atoms with E-state index in [4.69, 9.17) is 5.84 Å². The van der Waals surface area contributed by atoms with E-state index in [0.717, 1.165) is 29.9 Å². The first-order valence-corrected chi connectivity index (χ1v) is 11.5. The summed E-state index contributed by atoms with van der Waals surface area (Å²) in [6.45, 7) is 16.2. The number of rotatable bonds is 13. The fraction of sp³-hybridized carbons (Fsp3) is 0.708. The highest BCUT2D eigenvalue weighted by Crippen LogP contribution is 2.18. The van der Waals surface area contributed by atoms with Crippen LogP contribution >= 0.6 is 0 Å². The first-order chi connectivity index (χ1) is 15.0. The van der Waals surface area contributed by atoms with Crippen molar-refractivity contribution in [1.29, 1.82) is 10.5 Å². The maximum atomic E-state index is 9.66. The van der Waals surface area contributed by atoms with E-state index in [-0.39, 0.29) is 29.3 Å². The zero-order chi connectivity index (χ0) is 24.3. The third-order valence-electron chi connectivity index (χ3n) is 5.33. The summed E-state index contributed by atoms with van der Waals surface area (Å²) < 4.78 is 0. The number of hydrogen-bond donors (Lipinski definition) is 4. The number of nitrogens with zero attached hydrogens (tertiary/aromatic N) is 4. The standard InChI is InChI=1S/C24H42N8/c1-8-9-19(12-28-21(10-25)17(2)3)16-32(27)15-18(4)22(11-26)29-13-20-14-30-23(31-20)24(5,6)7/h14,16-18,21-22,28-29H,8-9,12-13,15,27H2,1-7H3,(H,30,31)/b19-16+. The lowest BCUT2D eigenvalue weighted by Gasteiger charge is -2.25. The summed E-state index contributed by atoms with van der Waals surface area (Å²) in [5, 5.41) is 27.2. The van der Waals surface area contributed by atoms with Crippen molar-refractivity contribution in [3.63, 3.8) is 0 Å². The Labute approximate surface area is 194 Å². The highest BCUT2D eigenvalue weighted by Gasteiger charge is 2.20. The second kappa shape index (κ2) is 13.2. The molecule has 0 saturated heterocycles. The van der Waals surface area contributed by atoms with Gasteiger partial charge in [0.2, 0.25) is 0 Å². The Hall–Kier alpha value is -2.39. The molecule has 0 fully saturated rings. The van der Waals surface area contributed by atoms with Gasteiger partial charge in [-0.1, -0.05) is 54.9 Å². The molecule has 0 aliphatic rings. The number of aromatic amines is 1. The topological polar surface area (TPSA) is 130 Å². The van der Waals surface area contributed by atoms with Crippen LogP contribution in [0.1, 0.15) is 72.8 Å². The summed E-state index contributed by atoms with van der Waals surface area (Å²) in [6, 6.07) is 4.14. The van der Waals surface area contributed by atoms with Crippen LogP contribution in [0, 0.1) is 34.5 Å². The minimum Gasteiger partial charge on any atom is -0.344 e. The van der Waals surface area contributed by atoms with Crippen molar-refractivity contribution in [2.24, 2.45) is 17.7 Å². The molecule has 178 valence electrons. The molecule has 0 aromatic carbocycles. The highest BCUT2D eigenvalue weighted by atomic mass is 15.4. The number of hydrogen-bond acceptors (Lipinski definition) is 7. The molecule has 0 aliphatic heterocycles. The van der Waals surface area contributed by atoms with Gasteiger partial charge >= 0.3 is 0 Å². The molecule has 1 rings (SSSR count). The Morgan fingerprint density at radius 3 is 2.38 bits per heavy atom. The van der Waals surface area contributed by atoms with E-state index < -0.39 is 0 Å². The van der Waals surface area contributed by atoms with Gasteiger partial charge in [-0.3, -0.25) is 10.6 Å². The third kappa shape index (κ3) is 9.40. The smallest absolute Gasteiger partial charge is 0.111 e. The first kappa shape index (κ1) is 27.6. The van der Waals surface area contributed by atoms with Crippen LogP contribution in [0.2, 0.25) is 0 Å². The molecule has 0 amide bonds. The van der Waals surface area contributed by atoms with Gasteiger partial charge in [-0.2, -0.15) is 10.5 Å². The van der Waals surface area contributed by atoms with Crippen LogP contribution in [-0.2, 0) is 12.0 Å².